The van der Waals surface area contributed by atoms with Gasteiger partial charge in [0.25, 0.3) is 10.0 Å². The third-order valence-corrected chi connectivity index (χ3v) is 4.78. The second-order valence-electron chi connectivity index (χ2n) is 5.24. The zero-order valence-electron chi connectivity index (χ0n) is 10.8. The molecule has 0 amide bonds. The zero-order valence-corrected chi connectivity index (χ0v) is 11.6. The lowest BCUT2D eigenvalue weighted by Gasteiger charge is -2.38. The molecular weight excluding hydrogens is 252 g/mol. The number of sulfonamides is 1. The minimum absolute atomic E-state index is 0.00401. The Kier molecular flexibility index (Phi) is 3.79. The largest absolute Gasteiger partial charge is 0.447 e. The first-order valence-corrected chi connectivity index (χ1v) is 7.66. The SMILES string of the molecule is CNCc1ccc(S(=O)(=O)NCC2(C)CCC2)o1. The molecule has 18 heavy (non-hydrogen) atoms. The summed E-state index contributed by atoms with van der Waals surface area (Å²) in [7, 11) is -1.73. The molecule has 1 saturated carbocycles. The van der Waals surface area contributed by atoms with E-state index in [1.807, 2.05) is 0 Å². The van der Waals surface area contributed by atoms with Crippen molar-refractivity contribution in [2.75, 3.05) is 13.6 Å². The van der Waals surface area contributed by atoms with E-state index in [0.717, 1.165) is 12.8 Å². The van der Waals surface area contributed by atoms with Gasteiger partial charge in [-0.05, 0) is 37.4 Å². The number of nitrogens with one attached hydrogen (secondary N) is 2. The predicted octanol–water partition coefficient (Wildman–Crippen LogP) is 1.47. The van der Waals surface area contributed by atoms with Crippen molar-refractivity contribution in [3.8, 4) is 0 Å². The average molecular weight is 272 g/mol. The number of hydrogen-bond acceptors (Lipinski definition) is 4. The van der Waals surface area contributed by atoms with Gasteiger partial charge in [0, 0.05) is 6.54 Å². The van der Waals surface area contributed by atoms with Crippen molar-refractivity contribution in [1.29, 1.82) is 0 Å². The molecule has 5 nitrogen and oxygen atoms in total. The Morgan fingerprint density at radius 2 is 2.11 bits per heavy atom. The normalized spacial score (nSPS) is 18.6. The first kappa shape index (κ1) is 13.6. The summed E-state index contributed by atoms with van der Waals surface area (Å²) in [6, 6.07) is 3.17. The smallest absolute Gasteiger partial charge is 0.273 e. The summed E-state index contributed by atoms with van der Waals surface area (Å²) in [6.45, 7) is 3.11. The third kappa shape index (κ3) is 2.93. The van der Waals surface area contributed by atoms with Gasteiger partial charge in [0.15, 0.2) is 0 Å². The first-order valence-electron chi connectivity index (χ1n) is 6.18. The van der Waals surface area contributed by atoms with Crippen LogP contribution in [0.15, 0.2) is 21.6 Å². The van der Waals surface area contributed by atoms with Crippen molar-refractivity contribution in [1.82, 2.24) is 10.0 Å². The summed E-state index contributed by atoms with van der Waals surface area (Å²) >= 11 is 0. The van der Waals surface area contributed by atoms with Crippen molar-refractivity contribution in [2.45, 2.75) is 37.8 Å². The Hall–Kier alpha value is -0.850. The van der Waals surface area contributed by atoms with Crippen LogP contribution in [0.5, 0.6) is 0 Å². The van der Waals surface area contributed by atoms with Crippen LogP contribution < -0.4 is 10.0 Å². The molecule has 1 aliphatic carbocycles. The molecule has 0 unspecified atom stereocenters. The number of furan rings is 1. The quantitative estimate of drug-likeness (QED) is 0.822. The van der Waals surface area contributed by atoms with Crippen molar-refractivity contribution in [3.63, 3.8) is 0 Å². The highest BCUT2D eigenvalue weighted by Gasteiger charge is 2.33. The van der Waals surface area contributed by atoms with Crippen LogP contribution in [-0.4, -0.2) is 22.0 Å². The molecule has 1 heterocycles. The van der Waals surface area contributed by atoms with Crippen LogP contribution in [0.2, 0.25) is 0 Å². The maximum absolute atomic E-state index is 12.0. The Morgan fingerprint density at radius 1 is 1.39 bits per heavy atom. The van der Waals surface area contributed by atoms with Crippen molar-refractivity contribution >= 4 is 10.0 Å². The van der Waals surface area contributed by atoms with Crippen LogP contribution >= 0.6 is 0 Å². The summed E-state index contributed by atoms with van der Waals surface area (Å²) < 4.78 is 31.9. The molecule has 0 saturated heterocycles. The van der Waals surface area contributed by atoms with E-state index in [4.69, 9.17) is 4.42 Å². The van der Waals surface area contributed by atoms with Crippen LogP contribution in [0.4, 0.5) is 0 Å². The van der Waals surface area contributed by atoms with Crippen LogP contribution in [0, 0.1) is 5.41 Å². The van der Waals surface area contributed by atoms with E-state index < -0.39 is 10.0 Å². The summed E-state index contributed by atoms with van der Waals surface area (Å²) in [5, 5.41) is 2.91. The zero-order chi connectivity index (χ0) is 13.2. The first-order chi connectivity index (χ1) is 8.45. The predicted molar refractivity (Wildman–Crippen MR) is 68.6 cm³/mol. The second kappa shape index (κ2) is 5.03. The number of rotatable bonds is 6. The summed E-state index contributed by atoms with van der Waals surface area (Å²) in [5.41, 5.74) is 0.119. The van der Waals surface area contributed by atoms with Crippen molar-refractivity contribution < 1.29 is 12.8 Å². The summed E-state index contributed by atoms with van der Waals surface area (Å²) in [4.78, 5) is 0. The van der Waals surface area contributed by atoms with Crippen LogP contribution in [0.3, 0.4) is 0 Å². The molecule has 0 radical (unpaired) electrons. The molecule has 2 N–H and O–H groups in total. The number of hydrogen-bond donors (Lipinski definition) is 2. The molecule has 0 bridgehead atoms. The van der Waals surface area contributed by atoms with Gasteiger partial charge in [0.1, 0.15) is 5.76 Å². The fraction of sp³-hybridized carbons (Fsp3) is 0.667. The second-order valence-corrected chi connectivity index (χ2v) is 6.94. The fourth-order valence-electron chi connectivity index (χ4n) is 2.07. The molecule has 102 valence electrons. The van der Waals surface area contributed by atoms with E-state index >= 15 is 0 Å². The molecule has 6 heteroatoms. The molecule has 0 aromatic carbocycles. The Morgan fingerprint density at radius 3 is 2.67 bits per heavy atom. The molecule has 1 aromatic heterocycles. The van der Waals surface area contributed by atoms with Gasteiger partial charge in [-0.1, -0.05) is 13.3 Å². The average Bonchev–Trinajstić information content (AvgIpc) is 2.74. The lowest BCUT2D eigenvalue weighted by Crippen LogP contribution is -2.39. The van der Waals surface area contributed by atoms with Gasteiger partial charge in [-0.25, -0.2) is 13.1 Å². The maximum Gasteiger partial charge on any atom is 0.273 e. The van der Waals surface area contributed by atoms with Gasteiger partial charge in [0.05, 0.1) is 6.54 Å². The van der Waals surface area contributed by atoms with Crippen molar-refractivity contribution in [2.24, 2.45) is 5.41 Å². The molecule has 0 atom stereocenters. The van der Waals surface area contributed by atoms with Gasteiger partial charge in [-0.15, -0.1) is 0 Å². The standard InChI is InChI=1S/C12H20N2O3S/c1-12(6-3-7-12)9-14-18(15,16)11-5-4-10(17-11)8-13-2/h4-5,13-14H,3,6-9H2,1-2H3. The Labute approximate surface area is 108 Å². The molecule has 2 rings (SSSR count). The topological polar surface area (TPSA) is 71.3 Å². The van der Waals surface area contributed by atoms with Crippen molar-refractivity contribution in [3.05, 3.63) is 17.9 Å². The van der Waals surface area contributed by atoms with E-state index in [1.54, 1.807) is 13.1 Å². The van der Waals surface area contributed by atoms with Gasteiger partial charge < -0.3 is 9.73 Å². The van der Waals surface area contributed by atoms with E-state index in [-0.39, 0.29) is 10.5 Å². The summed E-state index contributed by atoms with van der Waals surface area (Å²) in [6.07, 6.45) is 3.35. The lowest BCUT2D eigenvalue weighted by atomic mass is 9.71. The molecule has 0 spiro atoms. The monoisotopic (exact) mass is 272 g/mol. The minimum atomic E-state index is -3.51. The van der Waals surface area contributed by atoms with E-state index in [9.17, 15) is 8.42 Å². The van der Waals surface area contributed by atoms with Gasteiger partial charge in [-0.3, -0.25) is 0 Å². The van der Waals surface area contributed by atoms with Crippen LogP contribution in [-0.2, 0) is 16.6 Å². The van der Waals surface area contributed by atoms with Crippen LogP contribution in [0.25, 0.3) is 0 Å². The maximum atomic E-state index is 12.0. The highest BCUT2D eigenvalue weighted by atomic mass is 32.2. The Bertz CT molecular complexity index is 503. The van der Waals surface area contributed by atoms with E-state index in [0.29, 0.717) is 18.8 Å². The molecule has 0 aliphatic heterocycles. The highest BCUT2D eigenvalue weighted by molar-refractivity contribution is 7.89. The van der Waals surface area contributed by atoms with Crippen LogP contribution in [0.1, 0.15) is 31.9 Å². The summed E-state index contributed by atoms with van der Waals surface area (Å²) in [5.74, 6) is 0.618. The molecular formula is C12H20N2O3S. The molecule has 1 aliphatic rings. The van der Waals surface area contributed by atoms with Gasteiger partial charge in [0.2, 0.25) is 5.09 Å². The Balaban J connectivity index is 2.00. The van der Waals surface area contributed by atoms with Gasteiger partial charge in [-0.2, -0.15) is 0 Å². The fourth-order valence-corrected chi connectivity index (χ4v) is 3.21. The third-order valence-electron chi connectivity index (χ3n) is 3.50. The minimum Gasteiger partial charge on any atom is -0.447 e. The van der Waals surface area contributed by atoms with E-state index in [1.165, 1.54) is 12.5 Å². The van der Waals surface area contributed by atoms with Gasteiger partial charge >= 0.3 is 0 Å². The molecule has 1 fully saturated rings. The lowest BCUT2D eigenvalue weighted by molar-refractivity contribution is 0.166. The molecule has 1 aromatic rings. The van der Waals surface area contributed by atoms with E-state index in [2.05, 4.69) is 17.0 Å². The highest BCUT2D eigenvalue weighted by Crippen LogP contribution is 2.39.